The van der Waals surface area contributed by atoms with Gasteiger partial charge in [0.1, 0.15) is 0 Å². The molecule has 0 N–H and O–H groups in total. The molecular formula is C15H23B. The van der Waals surface area contributed by atoms with Crippen molar-refractivity contribution in [1.29, 1.82) is 0 Å². The van der Waals surface area contributed by atoms with E-state index in [2.05, 4.69) is 58.9 Å². The largest absolute Gasteiger partial charge is 0.0806 e. The summed E-state index contributed by atoms with van der Waals surface area (Å²) in [4.78, 5) is 0. The Morgan fingerprint density at radius 1 is 0.938 bits per heavy atom. The molecule has 0 heterocycles. The number of hydrogen-bond donors (Lipinski definition) is 0. The summed E-state index contributed by atoms with van der Waals surface area (Å²) in [7, 11) is 6.39. The van der Waals surface area contributed by atoms with E-state index in [0.717, 1.165) is 12.8 Å². The maximum atomic E-state index is 6.39. The van der Waals surface area contributed by atoms with Gasteiger partial charge in [-0.15, -0.1) is 0 Å². The van der Waals surface area contributed by atoms with Gasteiger partial charge in [-0.2, -0.15) is 0 Å². The molecule has 1 aromatic rings. The Bertz CT molecular complexity index is 315. The molecule has 86 valence electrons. The first-order chi connectivity index (χ1) is 7.35. The molecule has 0 saturated heterocycles. The third kappa shape index (κ3) is 2.51. The monoisotopic (exact) mass is 214 g/mol. The lowest BCUT2D eigenvalue weighted by molar-refractivity contribution is 0.489. The molecule has 0 spiro atoms. The van der Waals surface area contributed by atoms with Gasteiger partial charge in [-0.05, 0) is 28.3 Å². The highest BCUT2D eigenvalue weighted by atomic mass is 14.3. The van der Waals surface area contributed by atoms with Crippen molar-refractivity contribution in [2.24, 2.45) is 0 Å². The highest BCUT2D eigenvalue weighted by molar-refractivity contribution is 6.15. The molecular weight excluding hydrogens is 191 g/mol. The lowest BCUT2D eigenvalue weighted by atomic mass is 9.60. The van der Waals surface area contributed by atoms with E-state index in [0.29, 0.717) is 0 Å². The molecule has 0 bridgehead atoms. The molecule has 1 aromatic carbocycles. The van der Waals surface area contributed by atoms with Crippen molar-refractivity contribution >= 4 is 7.85 Å². The summed E-state index contributed by atoms with van der Waals surface area (Å²) < 4.78 is 0. The molecule has 1 unspecified atom stereocenters. The first-order valence-corrected chi connectivity index (χ1v) is 6.24. The third-order valence-corrected chi connectivity index (χ3v) is 3.89. The van der Waals surface area contributed by atoms with Crippen LogP contribution in [0.5, 0.6) is 0 Å². The lowest BCUT2D eigenvalue weighted by Gasteiger charge is -2.33. The molecule has 2 radical (unpaired) electrons. The average Bonchev–Trinajstić information content (AvgIpc) is 2.29. The minimum atomic E-state index is -0.219. The van der Waals surface area contributed by atoms with Gasteiger partial charge in [0.2, 0.25) is 0 Å². The Labute approximate surface area is 102 Å². The lowest BCUT2D eigenvalue weighted by Crippen LogP contribution is -2.27. The van der Waals surface area contributed by atoms with Crippen LogP contribution in [0.3, 0.4) is 0 Å². The molecule has 0 fully saturated rings. The van der Waals surface area contributed by atoms with Crippen molar-refractivity contribution in [3.8, 4) is 0 Å². The topological polar surface area (TPSA) is 0 Å². The van der Waals surface area contributed by atoms with E-state index in [1.807, 2.05) is 0 Å². The Balaban J connectivity index is 3.31. The molecule has 0 nitrogen and oxygen atoms in total. The number of rotatable bonds is 4. The highest BCUT2D eigenvalue weighted by Gasteiger charge is 2.27. The van der Waals surface area contributed by atoms with Gasteiger partial charge in [-0.25, -0.2) is 0 Å². The van der Waals surface area contributed by atoms with Gasteiger partial charge in [0.25, 0.3) is 0 Å². The quantitative estimate of drug-likeness (QED) is 0.660. The van der Waals surface area contributed by atoms with Gasteiger partial charge < -0.3 is 0 Å². The minimum absolute atomic E-state index is 0.201. The molecule has 1 heteroatoms. The van der Waals surface area contributed by atoms with Crippen LogP contribution in [0.2, 0.25) is 0 Å². The van der Waals surface area contributed by atoms with Crippen LogP contribution in [0, 0.1) is 0 Å². The van der Waals surface area contributed by atoms with E-state index in [-0.39, 0.29) is 10.7 Å². The Morgan fingerprint density at radius 2 is 1.44 bits per heavy atom. The molecule has 0 amide bonds. The zero-order chi connectivity index (χ0) is 12.4. The molecule has 0 saturated carbocycles. The summed E-state index contributed by atoms with van der Waals surface area (Å²) in [5, 5.41) is -0.219. The molecule has 1 atom stereocenters. The summed E-state index contributed by atoms with van der Waals surface area (Å²) in [5.41, 5.74) is 2.89. The van der Waals surface area contributed by atoms with Crippen molar-refractivity contribution in [1.82, 2.24) is 0 Å². The second kappa shape index (κ2) is 4.65. The zero-order valence-electron chi connectivity index (χ0n) is 11.3. The maximum Gasteiger partial charge on any atom is 0.0806 e. The first kappa shape index (κ1) is 13.4. The fourth-order valence-electron chi connectivity index (χ4n) is 1.95. The maximum absolute atomic E-state index is 6.39. The summed E-state index contributed by atoms with van der Waals surface area (Å²) in [6.45, 7) is 11.1. The number of benzene rings is 1. The van der Waals surface area contributed by atoms with E-state index in [1.54, 1.807) is 0 Å². The van der Waals surface area contributed by atoms with Crippen molar-refractivity contribution in [2.75, 3.05) is 0 Å². The standard InChI is InChI=1S/C15H23B/c1-6-14(3,4)12-10-8-9-11-13(12)15(5,16)7-2/h8-11H,6-7H2,1-5H3. The van der Waals surface area contributed by atoms with E-state index >= 15 is 0 Å². The smallest absolute Gasteiger partial charge is 0.0653 e. The Hall–Kier alpha value is -0.715. The van der Waals surface area contributed by atoms with Crippen LogP contribution >= 0.6 is 0 Å². The highest BCUT2D eigenvalue weighted by Crippen LogP contribution is 2.35. The Morgan fingerprint density at radius 3 is 1.88 bits per heavy atom. The van der Waals surface area contributed by atoms with E-state index in [4.69, 9.17) is 7.85 Å². The van der Waals surface area contributed by atoms with Crippen LogP contribution in [-0.2, 0) is 10.7 Å². The average molecular weight is 214 g/mol. The molecule has 1 rings (SSSR count). The van der Waals surface area contributed by atoms with Gasteiger partial charge >= 0.3 is 0 Å². The van der Waals surface area contributed by atoms with Crippen LogP contribution in [0.15, 0.2) is 24.3 Å². The van der Waals surface area contributed by atoms with Gasteiger partial charge in [0.05, 0.1) is 7.85 Å². The molecule has 0 aromatic heterocycles. The minimum Gasteiger partial charge on any atom is -0.0653 e. The zero-order valence-corrected chi connectivity index (χ0v) is 11.3. The fourth-order valence-corrected chi connectivity index (χ4v) is 1.95. The van der Waals surface area contributed by atoms with E-state index < -0.39 is 0 Å². The first-order valence-electron chi connectivity index (χ1n) is 6.24. The normalized spacial score (nSPS) is 15.8. The van der Waals surface area contributed by atoms with Crippen LogP contribution < -0.4 is 0 Å². The van der Waals surface area contributed by atoms with Crippen LogP contribution in [0.4, 0.5) is 0 Å². The number of hydrogen-bond acceptors (Lipinski definition) is 0. The van der Waals surface area contributed by atoms with Crippen molar-refractivity contribution in [3.05, 3.63) is 35.4 Å². The van der Waals surface area contributed by atoms with Gasteiger partial charge in [0, 0.05) is 0 Å². The molecule has 0 aliphatic heterocycles. The van der Waals surface area contributed by atoms with Crippen molar-refractivity contribution < 1.29 is 0 Å². The van der Waals surface area contributed by atoms with E-state index in [1.165, 1.54) is 11.1 Å². The van der Waals surface area contributed by atoms with Crippen LogP contribution in [0.25, 0.3) is 0 Å². The summed E-state index contributed by atoms with van der Waals surface area (Å²) in [6, 6.07) is 8.60. The summed E-state index contributed by atoms with van der Waals surface area (Å²) >= 11 is 0. The third-order valence-electron chi connectivity index (χ3n) is 3.89. The summed E-state index contributed by atoms with van der Waals surface area (Å²) in [6.07, 6.45) is 2.09. The van der Waals surface area contributed by atoms with Crippen LogP contribution in [-0.4, -0.2) is 7.85 Å². The second-order valence-electron chi connectivity index (χ2n) is 5.55. The van der Waals surface area contributed by atoms with Crippen LogP contribution in [0.1, 0.15) is 58.6 Å². The Kier molecular flexibility index (Phi) is 3.88. The van der Waals surface area contributed by atoms with Gasteiger partial charge in [-0.3, -0.25) is 0 Å². The molecule has 16 heavy (non-hydrogen) atoms. The van der Waals surface area contributed by atoms with Crippen molar-refractivity contribution in [3.63, 3.8) is 0 Å². The SMILES string of the molecule is [B]C(C)(CC)c1ccccc1C(C)(C)CC. The predicted molar refractivity (Wildman–Crippen MR) is 73.2 cm³/mol. The molecule has 0 aliphatic carbocycles. The summed E-state index contributed by atoms with van der Waals surface area (Å²) in [5.74, 6) is 0. The second-order valence-corrected chi connectivity index (χ2v) is 5.55. The van der Waals surface area contributed by atoms with Gasteiger partial charge in [-0.1, -0.05) is 65.3 Å². The fraction of sp³-hybridized carbons (Fsp3) is 0.600. The van der Waals surface area contributed by atoms with Crippen molar-refractivity contribution in [2.45, 2.75) is 58.2 Å². The van der Waals surface area contributed by atoms with Gasteiger partial charge in [0.15, 0.2) is 0 Å². The predicted octanol–water partition coefficient (Wildman–Crippen LogP) is 4.17. The molecule has 0 aliphatic rings. The van der Waals surface area contributed by atoms with E-state index in [9.17, 15) is 0 Å².